The minimum atomic E-state index is -1.75. The van der Waals surface area contributed by atoms with E-state index in [-0.39, 0.29) is 0 Å². The average Bonchev–Trinajstić information content (AvgIpc) is 2.88. The van der Waals surface area contributed by atoms with Crippen molar-refractivity contribution >= 4 is 39.0 Å². The fraction of sp³-hybridized carbons (Fsp3) is 0.259. The van der Waals surface area contributed by atoms with Crippen molar-refractivity contribution in [1.29, 1.82) is 0 Å². The summed E-state index contributed by atoms with van der Waals surface area (Å²) < 4.78 is 7.58. The molecule has 1 aliphatic rings. The number of aliphatic carboxylic acids is 1. The lowest BCUT2D eigenvalue weighted by Gasteiger charge is -2.39. The average molecular weight is 491 g/mol. The lowest BCUT2D eigenvalue weighted by Crippen LogP contribution is -2.61. The van der Waals surface area contributed by atoms with Gasteiger partial charge in [0.2, 0.25) is 11.2 Å². The van der Waals surface area contributed by atoms with E-state index in [1.54, 1.807) is 6.07 Å². The third kappa shape index (κ3) is 4.02. The van der Waals surface area contributed by atoms with Crippen molar-refractivity contribution in [2.45, 2.75) is 44.1 Å². The smallest absolute Gasteiger partial charge is 0.335 e. The van der Waals surface area contributed by atoms with Crippen LogP contribution in [0.1, 0.15) is 6.92 Å². The second-order valence-electron chi connectivity index (χ2n) is 8.93. The number of rotatable bonds is 5. The third-order valence-electron chi connectivity index (χ3n) is 6.68. The fourth-order valence-electron chi connectivity index (χ4n) is 4.93. The Morgan fingerprint density at radius 2 is 1.67 bits per heavy atom. The summed E-state index contributed by atoms with van der Waals surface area (Å²) in [5.74, 6) is -1.43. The van der Waals surface area contributed by atoms with Crippen LogP contribution in [0.3, 0.4) is 0 Å². The number of ether oxygens (including phenoxy) is 1. The maximum Gasteiger partial charge on any atom is 0.335 e. The second kappa shape index (κ2) is 9.36. The topological polar surface area (TPSA) is 149 Å². The van der Waals surface area contributed by atoms with E-state index >= 15 is 0 Å². The Morgan fingerprint density at radius 3 is 2.36 bits per heavy atom. The van der Waals surface area contributed by atoms with Gasteiger partial charge in [-0.15, -0.1) is 0 Å². The van der Waals surface area contributed by atoms with Crippen LogP contribution in [0.5, 0.6) is 0 Å². The first-order valence-electron chi connectivity index (χ1n) is 11.7. The molecule has 1 aromatic heterocycles. The highest BCUT2D eigenvalue weighted by molar-refractivity contribution is 6.10. The van der Waals surface area contributed by atoms with Crippen LogP contribution in [-0.2, 0) is 16.1 Å². The number of hydrogen-bond acceptors (Lipinski definition) is 7. The van der Waals surface area contributed by atoms with Gasteiger partial charge in [0.25, 0.3) is 0 Å². The van der Waals surface area contributed by atoms with Gasteiger partial charge in [-0.25, -0.2) is 4.79 Å². The minimum Gasteiger partial charge on any atom is -0.479 e. The van der Waals surface area contributed by atoms with Gasteiger partial charge in [0.15, 0.2) is 12.3 Å². The Labute approximate surface area is 207 Å². The largest absolute Gasteiger partial charge is 0.479 e. The molecule has 0 bridgehead atoms. The maximum absolute atomic E-state index is 11.5. The van der Waals surface area contributed by atoms with E-state index in [0.29, 0.717) is 17.9 Å². The summed E-state index contributed by atoms with van der Waals surface area (Å²) in [5, 5.41) is 45.9. The van der Waals surface area contributed by atoms with Crippen molar-refractivity contribution < 1.29 is 34.5 Å². The molecular formula is C27H28N3O6+. The molecule has 0 amide bonds. The quantitative estimate of drug-likeness (QED) is 0.141. The number of aliphatic hydroxyl groups excluding tert-OH is 3. The monoisotopic (exact) mass is 490 g/mol. The molecule has 5 rings (SSSR count). The lowest BCUT2D eigenvalue weighted by atomic mass is 9.97. The van der Waals surface area contributed by atoms with E-state index < -0.39 is 36.6 Å². The van der Waals surface area contributed by atoms with Gasteiger partial charge in [-0.1, -0.05) is 24.3 Å². The van der Waals surface area contributed by atoms with Crippen LogP contribution in [0.25, 0.3) is 32.9 Å². The van der Waals surface area contributed by atoms with Gasteiger partial charge in [0, 0.05) is 28.4 Å². The number of carbonyl (C=O) groups is 1. The number of nitrogens with one attached hydrogen (secondary N) is 1. The second-order valence-corrected chi connectivity index (χ2v) is 8.93. The zero-order chi connectivity index (χ0) is 25.6. The van der Waals surface area contributed by atoms with Crippen molar-refractivity contribution in [3.8, 4) is 11.3 Å². The molecule has 0 aliphatic carbocycles. The number of aryl methyl sites for hydroxylation is 1. The summed E-state index contributed by atoms with van der Waals surface area (Å²) in [4.78, 5) is 11.5. The number of carboxylic acids is 1. The molecule has 1 saturated heterocycles. The number of carboxylic acid groups (broad SMARTS) is 1. The maximum atomic E-state index is 11.5. The normalized spacial score (nSPS) is 24.2. The van der Waals surface area contributed by atoms with Crippen molar-refractivity contribution in [3.63, 3.8) is 0 Å². The number of anilines is 2. The van der Waals surface area contributed by atoms with E-state index in [9.17, 15) is 25.2 Å². The molecule has 2 heterocycles. The van der Waals surface area contributed by atoms with Crippen LogP contribution in [-0.4, -0.2) is 57.0 Å². The number of nitrogen functional groups attached to an aromatic ring is 1. The van der Waals surface area contributed by atoms with Gasteiger partial charge in [0.05, 0.1) is 10.8 Å². The minimum absolute atomic E-state index is 0.551. The molecule has 186 valence electrons. The summed E-state index contributed by atoms with van der Waals surface area (Å²) in [6.07, 6.45) is -7.89. The molecule has 36 heavy (non-hydrogen) atoms. The molecule has 9 nitrogen and oxygen atoms in total. The summed E-state index contributed by atoms with van der Waals surface area (Å²) in [6.45, 7) is 2.71. The fourth-order valence-corrected chi connectivity index (χ4v) is 4.93. The van der Waals surface area contributed by atoms with Crippen LogP contribution in [0.4, 0.5) is 11.4 Å². The molecule has 1 fully saturated rings. The zero-order valence-electron chi connectivity index (χ0n) is 19.6. The molecule has 0 saturated carbocycles. The molecule has 9 heteroatoms. The summed E-state index contributed by atoms with van der Waals surface area (Å²) >= 11 is 0. The number of nitrogens with zero attached hydrogens (tertiary/aromatic N) is 1. The standard InChI is InChI=1S/C27H27N3O6/c1-2-30-20-13-16(29-26-24(33)22(31)23(32)25(36-26)27(34)35)9-11-18(20)17-10-8-15(28)12-19(17)21(30)14-6-4-3-5-7-14/h3-13,22-26,31-33H,2,28H2,1H3,(H,34,35)/p+1. The first-order valence-corrected chi connectivity index (χ1v) is 11.7. The molecule has 5 unspecified atom stereocenters. The molecule has 0 radical (unpaired) electrons. The van der Waals surface area contributed by atoms with E-state index in [1.165, 1.54) is 0 Å². The Bertz CT molecular complexity index is 1440. The predicted octanol–water partition coefficient (Wildman–Crippen LogP) is 1.85. The Balaban J connectivity index is 1.65. The van der Waals surface area contributed by atoms with Crippen molar-refractivity contribution in [3.05, 3.63) is 66.7 Å². The van der Waals surface area contributed by atoms with Crippen LogP contribution in [0.15, 0.2) is 66.7 Å². The van der Waals surface area contributed by atoms with E-state index in [2.05, 4.69) is 9.88 Å². The van der Waals surface area contributed by atoms with Gasteiger partial charge >= 0.3 is 5.97 Å². The molecule has 3 aromatic carbocycles. The lowest BCUT2D eigenvalue weighted by molar-refractivity contribution is -0.655. The molecule has 5 atom stereocenters. The van der Waals surface area contributed by atoms with Crippen molar-refractivity contribution in [2.24, 2.45) is 0 Å². The number of pyridine rings is 1. The number of aromatic nitrogens is 1. The van der Waals surface area contributed by atoms with Crippen molar-refractivity contribution in [2.75, 3.05) is 11.1 Å². The first-order chi connectivity index (χ1) is 17.3. The number of fused-ring (bicyclic) bond motifs is 3. The highest BCUT2D eigenvalue weighted by atomic mass is 16.6. The number of nitrogens with two attached hydrogens (primary N) is 1. The Hall–Kier alpha value is -3.76. The number of hydrogen-bond donors (Lipinski definition) is 6. The molecular weight excluding hydrogens is 462 g/mol. The summed E-state index contributed by atoms with van der Waals surface area (Å²) in [6, 6.07) is 21.5. The Morgan fingerprint density at radius 1 is 0.944 bits per heavy atom. The van der Waals surface area contributed by atoms with Gasteiger partial charge in [-0.3, -0.25) is 0 Å². The van der Waals surface area contributed by atoms with E-state index in [4.69, 9.17) is 10.5 Å². The third-order valence-corrected chi connectivity index (χ3v) is 6.68. The highest BCUT2D eigenvalue weighted by Gasteiger charge is 2.47. The Kier molecular flexibility index (Phi) is 6.23. The van der Waals surface area contributed by atoms with Crippen LogP contribution in [0.2, 0.25) is 0 Å². The van der Waals surface area contributed by atoms with Gasteiger partial charge < -0.3 is 36.2 Å². The van der Waals surface area contributed by atoms with Gasteiger partial charge in [-0.05, 0) is 43.3 Å². The van der Waals surface area contributed by atoms with Crippen LogP contribution < -0.4 is 15.6 Å². The number of benzene rings is 3. The van der Waals surface area contributed by atoms with Gasteiger partial charge in [0.1, 0.15) is 24.9 Å². The van der Waals surface area contributed by atoms with Crippen LogP contribution >= 0.6 is 0 Å². The zero-order valence-corrected chi connectivity index (χ0v) is 19.6. The molecule has 7 N–H and O–H groups in total. The predicted molar refractivity (Wildman–Crippen MR) is 135 cm³/mol. The van der Waals surface area contributed by atoms with E-state index in [1.807, 2.05) is 67.6 Å². The number of aliphatic hydroxyl groups is 3. The van der Waals surface area contributed by atoms with Gasteiger partial charge in [-0.2, -0.15) is 4.57 Å². The van der Waals surface area contributed by atoms with E-state index in [0.717, 1.165) is 32.9 Å². The SMILES string of the molecule is CC[n+]1c(-c2ccccc2)c2cc(N)ccc2c2ccc(NC3OC(C(=O)O)C(O)C(O)C3O)cc21. The van der Waals surface area contributed by atoms with Crippen molar-refractivity contribution in [1.82, 2.24) is 0 Å². The van der Waals surface area contributed by atoms with Crippen LogP contribution in [0, 0.1) is 0 Å². The molecule has 1 aliphatic heterocycles. The first kappa shape index (κ1) is 24.0. The summed E-state index contributed by atoms with van der Waals surface area (Å²) in [7, 11) is 0. The highest BCUT2D eigenvalue weighted by Crippen LogP contribution is 2.34. The molecule has 4 aromatic rings. The summed E-state index contributed by atoms with van der Waals surface area (Å²) in [5.41, 5.74) is 10.3. The molecule has 0 spiro atoms.